The van der Waals surface area contributed by atoms with Crippen LogP contribution in [0.5, 0.6) is 0 Å². The lowest BCUT2D eigenvalue weighted by atomic mass is 10.1. The zero-order chi connectivity index (χ0) is 15.2. The maximum Gasteiger partial charge on any atom is 0.329 e. The molecule has 0 saturated carbocycles. The minimum Gasteiger partial charge on any atom is -0.465 e. The molecular weight excluding hydrogens is 274 g/mol. The second kappa shape index (κ2) is 6.99. The Bertz CT molecular complexity index is 528. The third-order valence-corrected chi connectivity index (χ3v) is 3.10. The molecule has 1 atom stereocenters. The van der Waals surface area contributed by atoms with Crippen molar-refractivity contribution in [2.45, 2.75) is 13.3 Å². The van der Waals surface area contributed by atoms with Gasteiger partial charge in [0.2, 0.25) is 0 Å². The fraction of sp³-hybridized carbons (Fsp3) is 0.400. The summed E-state index contributed by atoms with van der Waals surface area (Å²) in [5.74, 6) is -2.18. The van der Waals surface area contributed by atoms with Crippen molar-refractivity contribution in [2.24, 2.45) is 5.92 Å². The molecule has 21 heavy (non-hydrogen) atoms. The van der Waals surface area contributed by atoms with Crippen LogP contribution in [0.15, 0.2) is 30.3 Å². The summed E-state index contributed by atoms with van der Waals surface area (Å²) < 4.78 is 4.82. The number of carbonyl (C=O) groups excluding carboxylic acids is 3. The Kier molecular flexibility index (Phi) is 5.05. The lowest BCUT2D eigenvalue weighted by molar-refractivity contribution is -0.186. The van der Waals surface area contributed by atoms with Crippen LogP contribution >= 0.6 is 0 Å². The summed E-state index contributed by atoms with van der Waals surface area (Å²) in [6.45, 7) is 1.87. The van der Waals surface area contributed by atoms with E-state index < -0.39 is 17.9 Å². The van der Waals surface area contributed by atoms with Gasteiger partial charge in [0.15, 0.2) is 5.78 Å². The van der Waals surface area contributed by atoms with E-state index in [0.717, 1.165) is 5.56 Å². The summed E-state index contributed by atoms with van der Waals surface area (Å²) in [6.07, 6.45) is 0.121. The summed E-state index contributed by atoms with van der Waals surface area (Å²) in [6, 6.07) is 9.16. The van der Waals surface area contributed by atoms with Gasteiger partial charge in [-0.05, 0) is 12.5 Å². The molecule has 1 aliphatic heterocycles. The third kappa shape index (κ3) is 4.13. The average Bonchev–Trinajstić information content (AvgIpc) is 2.80. The molecule has 1 unspecified atom stereocenters. The molecule has 0 amide bonds. The van der Waals surface area contributed by atoms with Crippen molar-refractivity contribution in [3.8, 4) is 0 Å². The number of hydrogen-bond acceptors (Lipinski definition) is 6. The number of carbonyl (C=O) groups is 3. The van der Waals surface area contributed by atoms with Gasteiger partial charge in [0.05, 0.1) is 26.1 Å². The first-order valence-electron chi connectivity index (χ1n) is 6.79. The van der Waals surface area contributed by atoms with Crippen LogP contribution in [-0.4, -0.2) is 42.5 Å². The quantitative estimate of drug-likeness (QED) is 0.589. The number of esters is 1. The Morgan fingerprint density at radius 2 is 2.00 bits per heavy atom. The molecule has 0 spiro atoms. The molecule has 0 radical (unpaired) electrons. The van der Waals surface area contributed by atoms with Crippen molar-refractivity contribution in [1.29, 1.82) is 0 Å². The number of nitrogens with zero attached hydrogens (tertiary/aromatic N) is 1. The number of hydroxylamine groups is 2. The topological polar surface area (TPSA) is 72.9 Å². The van der Waals surface area contributed by atoms with Crippen LogP contribution in [0.3, 0.4) is 0 Å². The molecule has 1 saturated heterocycles. The largest absolute Gasteiger partial charge is 0.465 e. The summed E-state index contributed by atoms with van der Waals surface area (Å²) in [4.78, 5) is 40.2. The molecule has 1 fully saturated rings. The molecule has 6 heteroatoms. The van der Waals surface area contributed by atoms with Crippen molar-refractivity contribution in [1.82, 2.24) is 5.06 Å². The molecule has 1 aromatic rings. The molecular formula is C15H17NO5. The summed E-state index contributed by atoms with van der Waals surface area (Å²) in [5, 5.41) is 1.22. The number of rotatable bonds is 5. The second-order valence-corrected chi connectivity index (χ2v) is 4.72. The fourth-order valence-electron chi connectivity index (χ4n) is 2.11. The van der Waals surface area contributed by atoms with Crippen molar-refractivity contribution in [3.05, 3.63) is 35.9 Å². The molecule has 112 valence electrons. The van der Waals surface area contributed by atoms with Crippen LogP contribution in [0.1, 0.15) is 12.5 Å². The Morgan fingerprint density at radius 3 is 2.67 bits per heavy atom. The van der Waals surface area contributed by atoms with Crippen molar-refractivity contribution < 1.29 is 24.0 Å². The standard InChI is InChI=1S/C15H17NO5/c1-2-20-15(19)12-9-16(10-13(12)17)21-14(18)8-11-6-4-3-5-7-11/h3-7,12H,2,8-10H2,1H3. The zero-order valence-corrected chi connectivity index (χ0v) is 11.8. The summed E-state index contributed by atoms with van der Waals surface area (Å²) in [7, 11) is 0. The first-order chi connectivity index (χ1) is 10.1. The van der Waals surface area contributed by atoms with E-state index in [1.165, 1.54) is 5.06 Å². The second-order valence-electron chi connectivity index (χ2n) is 4.72. The van der Waals surface area contributed by atoms with Crippen LogP contribution in [0.25, 0.3) is 0 Å². The zero-order valence-electron chi connectivity index (χ0n) is 11.8. The van der Waals surface area contributed by atoms with E-state index in [-0.39, 0.29) is 31.9 Å². The maximum absolute atomic E-state index is 11.8. The lowest BCUT2D eigenvalue weighted by Gasteiger charge is -2.14. The van der Waals surface area contributed by atoms with Gasteiger partial charge in [-0.3, -0.25) is 9.59 Å². The minimum atomic E-state index is -0.866. The first-order valence-corrected chi connectivity index (χ1v) is 6.79. The normalized spacial score (nSPS) is 18.5. The van der Waals surface area contributed by atoms with E-state index in [2.05, 4.69) is 0 Å². The van der Waals surface area contributed by atoms with E-state index in [1.807, 2.05) is 30.3 Å². The van der Waals surface area contributed by atoms with Gasteiger partial charge in [0.25, 0.3) is 0 Å². The maximum atomic E-state index is 11.8. The predicted molar refractivity (Wildman–Crippen MR) is 72.9 cm³/mol. The van der Waals surface area contributed by atoms with Gasteiger partial charge >= 0.3 is 11.9 Å². The molecule has 2 rings (SSSR count). The van der Waals surface area contributed by atoms with Gasteiger partial charge in [-0.1, -0.05) is 30.3 Å². The molecule has 0 bridgehead atoms. The molecule has 6 nitrogen and oxygen atoms in total. The third-order valence-electron chi connectivity index (χ3n) is 3.10. The Morgan fingerprint density at radius 1 is 1.29 bits per heavy atom. The first kappa shape index (κ1) is 15.2. The van der Waals surface area contributed by atoms with Gasteiger partial charge < -0.3 is 9.57 Å². The van der Waals surface area contributed by atoms with E-state index >= 15 is 0 Å². The van der Waals surface area contributed by atoms with Crippen LogP contribution in [0.2, 0.25) is 0 Å². The highest BCUT2D eigenvalue weighted by Crippen LogP contribution is 2.15. The fourth-order valence-corrected chi connectivity index (χ4v) is 2.11. The monoisotopic (exact) mass is 291 g/mol. The Balaban J connectivity index is 1.85. The molecule has 0 N–H and O–H groups in total. The average molecular weight is 291 g/mol. The molecule has 1 heterocycles. The van der Waals surface area contributed by atoms with Crippen LogP contribution in [0.4, 0.5) is 0 Å². The summed E-state index contributed by atoms with van der Waals surface area (Å²) in [5.41, 5.74) is 0.829. The Hall–Kier alpha value is -2.21. The number of Topliss-reactive ketones (excluding diaryl/α,β-unsaturated/α-hetero) is 1. The smallest absolute Gasteiger partial charge is 0.329 e. The predicted octanol–water partition coefficient (Wildman–Crippen LogP) is 0.751. The lowest BCUT2D eigenvalue weighted by Crippen LogP contribution is -2.28. The molecule has 0 aliphatic carbocycles. The van der Waals surface area contributed by atoms with Crippen LogP contribution in [-0.2, 0) is 30.4 Å². The van der Waals surface area contributed by atoms with E-state index in [1.54, 1.807) is 6.92 Å². The number of ether oxygens (including phenoxy) is 1. The highest BCUT2D eigenvalue weighted by atomic mass is 16.7. The number of benzene rings is 1. The van der Waals surface area contributed by atoms with Crippen LogP contribution in [0, 0.1) is 5.92 Å². The number of ketones is 1. The van der Waals surface area contributed by atoms with Crippen molar-refractivity contribution >= 4 is 17.7 Å². The minimum absolute atomic E-state index is 0.0538. The van der Waals surface area contributed by atoms with Crippen LogP contribution < -0.4 is 0 Å². The summed E-state index contributed by atoms with van der Waals surface area (Å²) >= 11 is 0. The van der Waals surface area contributed by atoms with Gasteiger partial charge in [0, 0.05) is 0 Å². The molecule has 1 aliphatic rings. The van der Waals surface area contributed by atoms with Crippen molar-refractivity contribution in [3.63, 3.8) is 0 Å². The SMILES string of the molecule is CCOC(=O)C1CN(OC(=O)Cc2ccccc2)CC1=O. The molecule has 0 aromatic heterocycles. The van der Waals surface area contributed by atoms with Gasteiger partial charge in [0.1, 0.15) is 5.92 Å². The molecule has 1 aromatic carbocycles. The van der Waals surface area contributed by atoms with Crippen molar-refractivity contribution in [2.75, 3.05) is 19.7 Å². The van der Waals surface area contributed by atoms with Gasteiger partial charge in [-0.15, -0.1) is 5.06 Å². The van der Waals surface area contributed by atoms with E-state index in [4.69, 9.17) is 9.57 Å². The van der Waals surface area contributed by atoms with E-state index in [0.29, 0.717) is 0 Å². The highest BCUT2D eigenvalue weighted by Gasteiger charge is 2.39. The number of hydrogen-bond donors (Lipinski definition) is 0. The van der Waals surface area contributed by atoms with Gasteiger partial charge in [-0.25, -0.2) is 4.79 Å². The van der Waals surface area contributed by atoms with E-state index in [9.17, 15) is 14.4 Å². The highest BCUT2D eigenvalue weighted by molar-refractivity contribution is 6.01. The van der Waals surface area contributed by atoms with Gasteiger partial charge in [-0.2, -0.15) is 0 Å². The Labute approximate surface area is 122 Å².